The van der Waals surface area contributed by atoms with Gasteiger partial charge in [-0.1, -0.05) is 42.8 Å². The highest BCUT2D eigenvalue weighted by Gasteiger charge is 2.15. The number of esters is 1. The van der Waals surface area contributed by atoms with Crippen molar-refractivity contribution in [2.24, 2.45) is 5.92 Å². The van der Waals surface area contributed by atoms with Crippen molar-refractivity contribution in [3.05, 3.63) is 89.2 Å². The zero-order chi connectivity index (χ0) is 25.4. The number of benzene rings is 2. The van der Waals surface area contributed by atoms with Gasteiger partial charge < -0.3 is 18.8 Å². The molecule has 6 nitrogen and oxygen atoms in total. The number of hydrogen-bond donors (Lipinski definition) is 0. The maximum absolute atomic E-state index is 13.0. The maximum atomic E-state index is 13.0. The largest absolute Gasteiger partial charge is 0.489 e. The Morgan fingerprint density at radius 1 is 1.06 bits per heavy atom. The van der Waals surface area contributed by atoms with Crippen LogP contribution in [-0.2, 0) is 16.1 Å². The van der Waals surface area contributed by atoms with Crippen molar-refractivity contribution in [3.63, 3.8) is 0 Å². The summed E-state index contributed by atoms with van der Waals surface area (Å²) in [5.74, 6) is 1.87. The third-order valence-electron chi connectivity index (χ3n) is 5.79. The van der Waals surface area contributed by atoms with E-state index in [0.29, 0.717) is 25.1 Å². The van der Waals surface area contributed by atoms with Gasteiger partial charge in [-0.25, -0.2) is 0 Å². The second-order valence-electron chi connectivity index (χ2n) is 8.75. The summed E-state index contributed by atoms with van der Waals surface area (Å²) >= 11 is 0. The molecular formula is C29H33NO5. The lowest BCUT2D eigenvalue weighted by atomic mass is 10.0. The van der Waals surface area contributed by atoms with Gasteiger partial charge in [0.05, 0.1) is 13.0 Å². The fourth-order valence-corrected chi connectivity index (χ4v) is 3.81. The molecule has 184 valence electrons. The van der Waals surface area contributed by atoms with Crippen molar-refractivity contribution in [2.75, 3.05) is 20.8 Å². The van der Waals surface area contributed by atoms with E-state index in [-0.39, 0.29) is 17.8 Å². The second kappa shape index (κ2) is 12.1. The predicted octanol–water partition coefficient (Wildman–Crippen LogP) is 6.05. The Morgan fingerprint density at radius 3 is 2.43 bits per heavy atom. The Kier molecular flexibility index (Phi) is 8.90. The van der Waals surface area contributed by atoms with E-state index < -0.39 is 0 Å². The van der Waals surface area contributed by atoms with Crippen LogP contribution in [0.25, 0.3) is 11.3 Å². The van der Waals surface area contributed by atoms with Gasteiger partial charge in [0.1, 0.15) is 23.9 Å². The molecule has 0 spiro atoms. The van der Waals surface area contributed by atoms with Crippen LogP contribution in [0.5, 0.6) is 5.75 Å². The SMILES string of the molecule is COC(=O)C(C)C/C(C)=C/COc1ccccc1CN(C)C(=O)c1ccc(-c2ccc(C)o2)cc1. The molecule has 1 aromatic heterocycles. The minimum absolute atomic E-state index is 0.0745. The molecule has 0 saturated carbocycles. The van der Waals surface area contributed by atoms with E-state index in [0.717, 1.165) is 34.0 Å². The number of ether oxygens (including phenoxy) is 2. The van der Waals surface area contributed by atoms with Crippen LogP contribution in [0.2, 0.25) is 0 Å². The van der Waals surface area contributed by atoms with Gasteiger partial charge >= 0.3 is 5.97 Å². The molecule has 0 bridgehead atoms. The monoisotopic (exact) mass is 475 g/mol. The Hall–Kier alpha value is -3.80. The highest BCUT2D eigenvalue weighted by Crippen LogP contribution is 2.24. The van der Waals surface area contributed by atoms with E-state index in [1.165, 1.54) is 7.11 Å². The van der Waals surface area contributed by atoms with Gasteiger partial charge in [-0.2, -0.15) is 0 Å². The quantitative estimate of drug-likeness (QED) is 0.264. The van der Waals surface area contributed by atoms with Crippen molar-refractivity contribution in [1.82, 2.24) is 4.90 Å². The first kappa shape index (κ1) is 25.8. The first-order chi connectivity index (χ1) is 16.8. The van der Waals surface area contributed by atoms with Gasteiger partial charge in [0.15, 0.2) is 0 Å². The number of aryl methyl sites for hydroxylation is 1. The number of rotatable bonds is 10. The number of carbonyl (C=O) groups excluding carboxylic acids is 2. The molecule has 1 heterocycles. The van der Waals surface area contributed by atoms with Crippen molar-refractivity contribution in [1.29, 1.82) is 0 Å². The van der Waals surface area contributed by atoms with Gasteiger partial charge in [-0.15, -0.1) is 0 Å². The van der Waals surface area contributed by atoms with E-state index in [9.17, 15) is 9.59 Å². The third kappa shape index (κ3) is 7.09. The number of nitrogens with zero attached hydrogens (tertiary/aromatic N) is 1. The highest BCUT2D eigenvalue weighted by atomic mass is 16.5. The Labute approximate surface area is 207 Å². The molecular weight excluding hydrogens is 442 g/mol. The van der Waals surface area contributed by atoms with Crippen LogP contribution in [0.1, 0.15) is 41.9 Å². The lowest BCUT2D eigenvalue weighted by molar-refractivity contribution is -0.144. The van der Waals surface area contributed by atoms with Crippen molar-refractivity contribution < 1.29 is 23.5 Å². The Bertz CT molecular complexity index is 1180. The molecule has 6 heteroatoms. The highest BCUT2D eigenvalue weighted by molar-refractivity contribution is 5.94. The number of allylic oxidation sites excluding steroid dienone is 1. The number of amides is 1. The number of methoxy groups -OCH3 is 1. The van der Waals surface area contributed by atoms with Crippen LogP contribution in [0.15, 0.2) is 76.7 Å². The molecule has 1 unspecified atom stereocenters. The number of hydrogen-bond acceptors (Lipinski definition) is 5. The van der Waals surface area contributed by atoms with Gasteiger partial charge in [0.25, 0.3) is 5.91 Å². The van der Waals surface area contributed by atoms with Crippen molar-refractivity contribution >= 4 is 11.9 Å². The molecule has 0 aliphatic carbocycles. The number of para-hydroxylation sites is 1. The van der Waals surface area contributed by atoms with Gasteiger partial charge in [-0.05, 0) is 56.7 Å². The minimum atomic E-state index is -0.220. The van der Waals surface area contributed by atoms with Gasteiger partial charge in [0, 0.05) is 30.3 Å². The van der Waals surface area contributed by atoms with E-state index in [1.54, 1.807) is 11.9 Å². The van der Waals surface area contributed by atoms with Gasteiger partial charge in [0.2, 0.25) is 0 Å². The molecule has 0 N–H and O–H groups in total. The summed E-state index contributed by atoms with van der Waals surface area (Å²) in [7, 11) is 3.18. The van der Waals surface area contributed by atoms with E-state index >= 15 is 0 Å². The molecule has 0 fully saturated rings. The average Bonchev–Trinajstić information content (AvgIpc) is 3.30. The molecule has 3 rings (SSSR count). The molecule has 0 aliphatic heterocycles. The molecule has 2 aromatic carbocycles. The molecule has 35 heavy (non-hydrogen) atoms. The first-order valence-electron chi connectivity index (χ1n) is 11.6. The summed E-state index contributed by atoms with van der Waals surface area (Å²) in [4.78, 5) is 26.3. The summed E-state index contributed by atoms with van der Waals surface area (Å²) in [5.41, 5.74) is 3.51. The van der Waals surface area contributed by atoms with Crippen molar-refractivity contribution in [2.45, 2.75) is 33.7 Å². The van der Waals surface area contributed by atoms with Crippen LogP contribution in [0.4, 0.5) is 0 Å². The number of carbonyl (C=O) groups is 2. The predicted molar refractivity (Wildman–Crippen MR) is 136 cm³/mol. The summed E-state index contributed by atoms with van der Waals surface area (Å²) in [6.45, 7) is 6.51. The standard InChI is InChI=1S/C29H33NO5/c1-20(18-21(2)29(32)33-5)16-17-34-26-9-7-6-8-25(26)19-30(4)28(31)24-13-11-23(12-14-24)27-15-10-22(3)35-27/h6-16,21H,17-19H2,1-5H3/b20-16+. The Balaban J connectivity index is 1.60. The summed E-state index contributed by atoms with van der Waals surface area (Å²) in [6, 6.07) is 19.0. The van der Waals surface area contributed by atoms with E-state index in [4.69, 9.17) is 13.9 Å². The fraction of sp³-hybridized carbons (Fsp3) is 0.310. The minimum Gasteiger partial charge on any atom is -0.489 e. The molecule has 0 saturated heterocycles. The Morgan fingerprint density at radius 2 is 1.77 bits per heavy atom. The third-order valence-corrected chi connectivity index (χ3v) is 5.79. The maximum Gasteiger partial charge on any atom is 0.308 e. The first-order valence-corrected chi connectivity index (χ1v) is 11.6. The molecule has 1 amide bonds. The lowest BCUT2D eigenvalue weighted by Crippen LogP contribution is -2.26. The molecule has 1 atom stereocenters. The summed E-state index contributed by atoms with van der Waals surface area (Å²) in [5, 5.41) is 0. The van der Waals surface area contributed by atoms with E-state index in [1.807, 2.05) is 87.5 Å². The van der Waals surface area contributed by atoms with Crippen LogP contribution < -0.4 is 4.74 Å². The zero-order valence-electron chi connectivity index (χ0n) is 21.0. The van der Waals surface area contributed by atoms with Crippen LogP contribution in [0, 0.1) is 12.8 Å². The molecule has 0 aliphatic rings. The second-order valence-corrected chi connectivity index (χ2v) is 8.75. The normalized spacial score (nSPS) is 12.2. The number of furan rings is 1. The zero-order valence-corrected chi connectivity index (χ0v) is 21.0. The summed E-state index contributed by atoms with van der Waals surface area (Å²) < 4.78 is 16.4. The van der Waals surface area contributed by atoms with E-state index in [2.05, 4.69) is 0 Å². The van der Waals surface area contributed by atoms with Crippen LogP contribution >= 0.6 is 0 Å². The van der Waals surface area contributed by atoms with Crippen LogP contribution in [-0.4, -0.2) is 37.5 Å². The lowest BCUT2D eigenvalue weighted by Gasteiger charge is -2.19. The van der Waals surface area contributed by atoms with Crippen LogP contribution in [0.3, 0.4) is 0 Å². The average molecular weight is 476 g/mol. The molecule has 3 aromatic rings. The molecule has 0 radical (unpaired) electrons. The van der Waals surface area contributed by atoms with Gasteiger partial charge in [-0.3, -0.25) is 9.59 Å². The summed E-state index contributed by atoms with van der Waals surface area (Å²) in [6.07, 6.45) is 2.58. The van der Waals surface area contributed by atoms with Crippen molar-refractivity contribution in [3.8, 4) is 17.1 Å². The fourth-order valence-electron chi connectivity index (χ4n) is 3.81. The topological polar surface area (TPSA) is 69.0 Å². The smallest absolute Gasteiger partial charge is 0.308 e.